The molecule has 0 saturated carbocycles. The molecule has 0 atom stereocenters. The van der Waals surface area contributed by atoms with Crippen molar-refractivity contribution >= 4 is 27.3 Å². The summed E-state index contributed by atoms with van der Waals surface area (Å²) in [5.41, 5.74) is 17.6. The summed E-state index contributed by atoms with van der Waals surface area (Å²) >= 11 is 3.44. The largest absolute Gasteiger partial charge is 0.487 e. The Morgan fingerprint density at radius 3 is 1.70 bits per heavy atom. The van der Waals surface area contributed by atoms with E-state index >= 15 is 0 Å². The third-order valence-electron chi connectivity index (χ3n) is 5.07. The highest BCUT2D eigenvalue weighted by Gasteiger charge is 2.06. The smallest absolute Gasteiger partial charge is 0.144 e. The van der Waals surface area contributed by atoms with Gasteiger partial charge in [0.2, 0.25) is 0 Å². The second kappa shape index (κ2) is 12.0. The van der Waals surface area contributed by atoms with E-state index in [2.05, 4.69) is 15.9 Å². The fourth-order valence-corrected chi connectivity index (χ4v) is 3.64. The lowest BCUT2D eigenvalue weighted by atomic mass is 10.2. The Balaban J connectivity index is 0.000000186. The molecular weight excluding hydrogens is 476 g/mol. The molecule has 0 aliphatic rings. The average Bonchev–Trinajstić information content (AvgIpc) is 2.83. The number of nitrogen functional groups attached to an aromatic ring is 2. The van der Waals surface area contributed by atoms with E-state index in [4.69, 9.17) is 20.9 Å². The monoisotopic (exact) mass is 504 g/mol. The number of anilines is 2. The van der Waals surface area contributed by atoms with Crippen LogP contribution in [0, 0.1) is 13.8 Å². The maximum atomic E-state index is 5.97. The van der Waals surface area contributed by atoms with Crippen LogP contribution in [-0.2, 0) is 13.2 Å². The van der Waals surface area contributed by atoms with Gasteiger partial charge in [-0.2, -0.15) is 0 Å². The summed E-state index contributed by atoms with van der Waals surface area (Å²) < 4.78 is 12.4. The summed E-state index contributed by atoms with van der Waals surface area (Å²) in [6, 6.07) is 29.8. The quantitative estimate of drug-likeness (QED) is 0.275. The van der Waals surface area contributed by atoms with Crippen LogP contribution in [-0.4, -0.2) is 0 Å². The number of ether oxygens (including phenoxy) is 2. The number of rotatable bonds is 6. The molecular formula is C28H29BrN2O2. The van der Waals surface area contributed by atoms with Crippen LogP contribution >= 0.6 is 15.9 Å². The highest BCUT2D eigenvalue weighted by molar-refractivity contribution is 9.10. The van der Waals surface area contributed by atoms with Crippen LogP contribution in [0.1, 0.15) is 22.3 Å². The first kappa shape index (κ1) is 24.2. The molecule has 0 unspecified atom stereocenters. The van der Waals surface area contributed by atoms with E-state index in [-0.39, 0.29) is 0 Å². The van der Waals surface area contributed by atoms with Gasteiger partial charge in [-0.3, -0.25) is 0 Å². The van der Waals surface area contributed by atoms with Gasteiger partial charge in [0.1, 0.15) is 24.7 Å². The van der Waals surface area contributed by atoms with Gasteiger partial charge < -0.3 is 20.9 Å². The lowest BCUT2D eigenvalue weighted by molar-refractivity contribution is 0.307. The second-order valence-electron chi connectivity index (χ2n) is 7.67. The number of nitrogens with two attached hydrogens (primary N) is 2. The first-order chi connectivity index (χ1) is 15.9. The summed E-state index contributed by atoms with van der Waals surface area (Å²) in [6.45, 7) is 5.02. The maximum Gasteiger partial charge on any atom is 0.144 e. The van der Waals surface area contributed by atoms with Gasteiger partial charge in [-0.05, 0) is 54.3 Å². The minimum absolute atomic E-state index is 0.529. The van der Waals surface area contributed by atoms with Gasteiger partial charge in [-0.25, -0.2) is 0 Å². The lowest BCUT2D eigenvalue weighted by Gasteiger charge is -2.11. The Bertz CT molecular complexity index is 1170. The van der Waals surface area contributed by atoms with Gasteiger partial charge >= 0.3 is 0 Å². The van der Waals surface area contributed by atoms with Crippen molar-refractivity contribution < 1.29 is 9.47 Å². The summed E-state index contributed by atoms with van der Waals surface area (Å²) in [7, 11) is 0. The van der Waals surface area contributed by atoms with E-state index in [1.807, 2.05) is 105 Å². The predicted octanol–water partition coefficient (Wildman–Crippen LogP) is 7.07. The molecule has 0 spiro atoms. The lowest BCUT2D eigenvalue weighted by Crippen LogP contribution is -2.00. The average molecular weight is 505 g/mol. The molecule has 0 radical (unpaired) electrons. The maximum absolute atomic E-state index is 5.97. The molecule has 0 saturated heterocycles. The molecule has 33 heavy (non-hydrogen) atoms. The summed E-state index contributed by atoms with van der Waals surface area (Å²) in [6.07, 6.45) is 0. The highest BCUT2D eigenvalue weighted by Crippen LogP contribution is 2.30. The van der Waals surface area contributed by atoms with Crippen molar-refractivity contribution in [2.75, 3.05) is 11.5 Å². The molecule has 0 aliphatic heterocycles. The zero-order chi connectivity index (χ0) is 23.6. The first-order valence-electron chi connectivity index (χ1n) is 10.7. The SMILES string of the molecule is Cc1cc(Br)cc(OCc2ccccc2)c1N.Cc1cccc(OCc2ccccc2)c1N. The standard InChI is InChI=1S/C14H14BrNO.C14H15NO/c1-10-7-12(15)8-13(14(10)16)17-9-11-5-3-2-4-6-11;1-11-6-5-9-13(14(11)15)16-10-12-7-3-2-4-8-12/h2-8H,9,16H2,1H3;2-9H,10,15H2,1H3. The third kappa shape index (κ3) is 7.29. The van der Waals surface area contributed by atoms with Crippen LogP contribution in [0.25, 0.3) is 0 Å². The van der Waals surface area contributed by atoms with Gasteiger partial charge in [-0.15, -0.1) is 0 Å². The summed E-state index contributed by atoms with van der Waals surface area (Å²) in [5.74, 6) is 1.48. The van der Waals surface area contributed by atoms with Crippen LogP contribution in [0.15, 0.2) is 95.5 Å². The van der Waals surface area contributed by atoms with E-state index in [9.17, 15) is 0 Å². The van der Waals surface area contributed by atoms with Crippen molar-refractivity contribution in [1.29, 1.82) is 0 Å². The highest BCUT2D eigenvalue weighted by atomic mass is 79.9. The predicted molar refractivity (Wildman–Crippen MR) is 140 cm³/mol. The molecule has 4 rings (SSSR count). The van der Waals surface area contributed by atoms with Crippen LogP contribution in [0.4, 0.5) is 11.4 Å². The molecule has 4 N–H and O–H groups in total. The normalized spacial score (nSPS) is 10.2. The zero-order valence-corrected chi connectivity index (χ0v) is 20.5. The van der Waals surface area contributed by atoms with Crippen LogP contribution < -0.4 is 20.9 Å². The Labute approximate surface area is 204 Å². The number of halogens is 1. The fraction of sp³-hybridized carbons (Fsp3) is 0.143. The minimum Gasteiger partial charge on any atom is -0.487 e. The van der Waals surface area contributed by atoms with E-state index in [0.29, 0.717) is 18.9 Å². The van der Waals surface area contributed by atoms with Gasteiger partial charge in [0.15, 0.2) is 0 Å². The molecule has 0 aromatic heterocycles. The molecule has 0 aliphatic carbocycles. The van der Waals surface area contributed by atoms with E-state index < -0.39 is 0 Å². The van der Waals surface area contributed by atoms with Crippen molar-refractivity contribution in [3.63, 3.8) is 0 Å². The van der Waals surface area contributed by atoms with E-state index in [1.54, 1.807) is 0 Å². The van der Waals surface area contributed by atoms with E-state index in [1.165, 1.54) is 0 Å². The van der Waals surface area contributed by atoms with Crippen molar-refractivity contribution in [1.82, 2.24) is 0 Å². The molecule has 0 bridgehead atoms. The molecule has 5 heteroatoms. The van der Waals surface area contributed by atoms with Gasteiger partial charge in [0.25, 0.3) is 0 Å². The molecule has 170 valence electrons. The van der Waals surface area contributed by atoms with Crippen LogP contribution in [0.5, 0.6) is 11.5 Å². The van der Waals surface area contributed by atoms with Crippen LogP contribution in [0.3, 0.4) is 0 Å². The fourth-order valence-electron chi connectivity index (χ4n) is 3.09. The third-order valence-corrected chi connectivity index (χ3v) is 5.53. The molecule has 0 fully saturated rings. The summed E-state index contributed by atoms with van der Waals surface area (Å²) in [5, 5.41) is 0. The van der Waals surface area contributed by atoms with Gasteiger partial charge in [0, 0.05) is 4.47 Å². The molecule has 4 nitrogen and oxygen atoms in total. The minimum atomic E-state index is 0.529. The number of aryl methyl sites for hydroxylation is 2. The topological polar surface area (TPSA) is 70.5 Å². The second-order valence-corrected chi connectivity index (χ2v) is 8.59. The Hall–Kier alpha value is -3.44. The van der Waals surface area contributed by atoms with Crippen molar-refractivity contribution in [3.05, 3.63) is 118 Å². The number of hydrogen-bond acceptors (Lipinski definition) is 4. The Morgan fingerprint density at radius 1 is 0.606 bits per heavy atom. The number of benzene rings is 4. The zero-order valence-electron chi connectivity index (χ0n) is 18.9. The molecule has 4 aromatic rings. The van der Waals surface area contributed by atoms with Crippen molar-refractivity contribution in [3.8, 4) is 11.5 Å². The summed E-state index contributed by atoms with van der Waals surface area (Å²) in [4.78, 5) is 0. The van der Waals surface area contributed by atoms with Gasteiger partial charge in [0.05, 0.1) is 11.4 Å². The Kier molecular flexibility index (Phi) is 8.79. The molecule has 0 amide bonds. The molecule has 0 heterocycles. The number of para-hydroxylation sites is 1. The van der Waals surface area contributed by atoms with E-state index in [0.717, 1.165) is 43.9 Å². The first-order valence-corrected chi connectivity index (χ1v) is 11.5. The number of hydrogen-bond donors (Lipinski definition) is 2. The van der Waals surface area contributed by atoms with Crippen LogP contribution in [0.2, 0.25) is 0 Å². The van der Waals surface area contributed by atoms with Crippen molar-refractivity contribution in [2.45, 2.75) is 27.1 Å². The van der Waals surface area contributed by atoms with Crippen molar-refractivity contribution in [2.24, 2.45) is 0 Å². The molecule has 4 aromatic carbocycles. The Morgan fingerprint density at radius 2 is 1.12 bits per heavy atom. The van der Waals surface area contributed by atoms with Gasteiger partial charge in [-0.1, -0.05) is 88.7 Å².